The van der Waals surface area contributed by atoms with Crippen LogP contribution in [0.4, 0.5) is 0 Å². The molecule has 0 bridgehead atoms. The lowest BCUT2D eigenvalue weighted by molar-refractivity contribution is -0.660. The van der Waals surface area contributed by atoms with Gasteiger partial charge in [0, 0.05) is 34.0 Å². The van der Waals surface area contributed by atoms with Crippen molar-refractivity contribution >= 4 is 21.9 Å². The molecule has 3 nitrogen and oxygen atoms in total. The molecule has 4 aromatic rings. The Balaban J connectivity index is 2.03. The quantitative estimate of drug-likeness (QED) is 0.458. The van der Waals surface area contributed by atoms with Crippen LogP contribution in [0.25, 0.3) is 33.2 Å². The third-order valence-corrected chi connectivity index (χ3v) is 5.15. The summed E-state index contributed by atoms with van der Waals surface area (Å²) in [5, 5.41) is 11.7. The average molecular weight is 355 g/mol. The Labute approximate surface area is 159 Å². The van der Waals surface area contributed by atoms with E-state index < -0.39 is 0 Å². The number of nitriles is 1. The lowest BCUT2D eigenvalue weighted by atomic mass is 9.95. The Morgan fingerprint density at radius 2 is 1.93 bits per heavy atom. The van der Waals surface area contributed by atoms with Gasteiger partial charge in [0.25, 0.3) is 0 Å². The van der Waals surface area contributed by atoms with Gasteiger partial charge in [0.05, 0.1) is 11.6 Å². The molecule has 27 heavy (non-hydrogen) atoms. The highest BCUT2D eigenvalue weighted by atomic mass is 16.3. The molecule has 2 aromatic heterocycles. The molecule has 0 aliphatic rings. The number of aromatic nitrogens is 1. The molecule has 0 fully saturated rings. The van der Waals surface area contributed by atoms with Crippen molar-refractivity contribution in [3.63, 3.8) is 0 Å². The van der Waals surface area contributed by atoms with Crippen LogP contribution in [-0.2, 0) is 13.5 Å². The van der Waals surface area contributed by atoms with Crippen LogP contribution < -0.4 is 4.57 Å². The fourth-order valence-corrected chi connectivity index (χ4v) is 3.84. The summed E-state index contributed by atoms with van der Waals surface area (Å²) in [4.78, 5) is 0. The fourth-order valence-electron chi connectivity index (χ4n) is 3.84. The number of pyridine rings is 1. The predicted octanol–water partition coefficient (Wildman–Crippen LogP) is 5.46. The van der Waals surface area contributed by atoms with E-state index in [4.69, 9.17) is 4.42 Å². The van der Waals surface area contributed by atoms with Gasteiger partial charge < -0.3 is 4.42 Å². The van der Waals surface area contributed by atoms with Crippen molar-refractivity contribution in [3.05, 3.63) is 65.4 Å². The van der Waals surface area contributed by atoms with Crippen LogP contribution in [0, 0.1) is 24.2 Å². The Bertz CT molecular complexity index is 1210. The molecule has 0 saturated carbocycles. The molecule has 2 aromatic carbocycles. The van der Waals surface area contributed by atoms with E-state index in [1.165, 1.54) is 16.8 Å². The molecular formula is C24H23N2O+. The summed E-state index contributed by atoms with van der Waals surface area (Å²) in [6.07, 6.45) is 2.89. The van der Waals surface area contributed by atoms with Gasteiger partial charge in [-0.2, -0.15) is 5.26 Å². The van der Waals surface area contributed by atoms with Crippen molar-refractivity contribution in [2.24, 2.45) is 13.0 Å². The number of aryl methyl sites for hydroxylation is 2. The van der Waals surface area contributed by atoms with Crippen LogP contribution in [0.15, 0.2) is 53.1 Å². The van der Waals surface area contributed by atoms with Gasteiger partial charge in [0.1, 0.15) is 18.2 Å². The topological polar surface area (TPSA) is 40.8 Å². The number of rotatable bonds is 3. The fraction of sp³-hybridized carbons (Fsp3) is 0.250. The Morgan fingerprint density at radius 3 is 2.63 bits per heavy atom. The first-order valence-electron chi connectivity index (χ1n) is 9.33. The molecule has 2 heterocycles. The minimum Gasteiger partial charge on any atom is -0.456 e. The molecule has 0 aliphatic heterocycles. The summed E-state index contributed by atoms with van der Waals surface area (Å²) in [6.45, 7) is 6.45. The zero-order valence-corrected chi connectivity index (χ0v) is 16.2. The maximum absolute atomic E-state index is 9.54. The predicted molar refractivity (Wildman–Crippen MR) is 108 cm³/mol. The standard InChI is InChI=1S/C24H23N2O/c1-15(2)11-20-17(14-25)8-9-18-21-13-19(22-7-5-6-10-26(22)4)16(3)12-23(21)27-24(18)20/h5-10,12-13,15H,11H2,1-4H3/q+1. The number of nitrogens with zero attached hydrogens (tertiary/aromatic N) is 2. The smallest absolute Gasteiger partial charge is 0.212 e. The highest BCUT2D eigenvalue weighted by Gasteiger charge is 2.19. The van der Waals surface area contributed by atoms with E-state index in [0.29, 0.717) is 11.5 Å². The van der Waals surface area contributed by atoms with Crippen LogP contribution in [0.5, 0.6) is 0 Å². The van der Waals surface area contributed by atoms with Gasteiger partial charge in [-0.05, 0) is 55.2 Å². The van der Waals surface area contributed by atoms with Crippen molar-refractivity contribution in [1.29, 1.82) is 5.26 Å². The number of benzene rings is 2. The first kappa shape index (κ1) is 17.3. The minimum absolute atomic E-state index is 0.455. The van der Waals surface area contributed by atoms with Crippen LogP contribution in [-0.4, -0.2) is 0 Å². The third-order valence-electron chi connectivity index (χ3n) is 5.15. The maximum Gasteiger partial charge on any atom is 0.212 e. The Morgan fingerprint density at radius 1 is 1.11 bits per heavy atom. The Hall–Kier alpha value is -3.12. The molecule has 0 unspecified atom stereocenters. The largest absolute Gasteiger partial charge is 0.456 e. The molecular weight excluding hydrogens is 332 g/mol. The second-order valence-corrected chi connectivity index (χ2v) is 7.64. The summed E-state index contributed by atoms with van der Waals surface area (Å²) < 4.78 is 8.40. The zero-order chi connectivity index (χ0) is 19.1. The lowest BCUT2D eigenvalue weighted by Gasteiger charge is -2.07. The van der Waals surface area contributed by atoms with E-state index in [9.17, 15) is 5.26 Å². The van der Waals surface area contributed by atoms with Crippen LogP contribution in [0.1, 0.15) is 30.5 Å². The molecule has 134 valence electrons. The molecule has 0 spiro atoms. The molecule has 0 atom stereocenters. The van der Waals surface area contributed by atoms with Crippen molar-refractivity contribution in [3.8, 4) is 17.3 Å². The summed E-state index contributed by atoms with van der Waals surface area (Å²) in [5.41, 5.74) is 7.00. The van der Waals surface area contributed by atoms with Crippen molar-refractivity contribution < 1.29 is 8.98 Å². The van der Waals surface area contributed by atoms with E-state index >= 15 is 0 Å². The van der Waals surface area contributed by atoms with Crippen molar-refractivity contribution in [2.75, 3.05) is 0 Å². The minimum atomic E-state index is 0.455. The first-order chi connectivity index (χ1) is 13.0. The van der Waals surface area contributed by atoms with Gasteiger partial charge in [0.2, 0.25) is 5.69 Å². The summed E-state index contributed by atoms with van der Waals surface area (Å²) in [7, 11) is 2.06. The molecule has 3 heteroatoms. The van der Waals surface area contributed by atoms with Gasteiger partial charge in [-0.25, -0.2) is 4.57 Å². The van der Waals surface area contributed by atoms with Crippen molar-refractivity contribution in [2.45, 2.75) is 27.2 Å². The molecule has 0 aliphatic carbocycles. The lowest BCUT2D eigenvalue weighted by Crippen LogP contribution is -2.30. The van der Waals surface area contributed by atoms with Crippen molar-refractivity contribution in [1.82, 2.24) is 0 Å². The van der Waals surface area contributed by atoms with Crippen LogP contribution in [0.2, 0.25) is 0 Å². The van der Waals surface area contributed by atoms with Gasteiger partial charge in [-0.15, -0.1) is 0 Å². The monoisotopic (exact) mass is 355 g/mol. The third kappa shape index (κ3) is 2.88. The second kappa shape index (κ2) is 6.55. The van der Waals surface area contributed by atoms with E-state index in [-0.39, 0.29) is 0 Å². The average Bonchev–Trinajstić information content (AvgIpc) is 2.99. The molecule has 0 saturated heterocycles. The number of hydrogen-bond acceptors (Lipinski definition) is 2. The number of hydrogen-bond donors (Lipinski definition) is 0. The SMILES string of the molecule is Cc1cc2oc3c(CC(C)C)c(C#N)ccc3c2cc1-c1cccc[n+]1C. The van der Waals surface area contributed by atoms with E-state index in [2.05, 4.69) is 68.9 Å². The van der Waals surface area contributed by atoms with E-state index in [0.717, 1.165) is 33.9 Å². The molecule has 0 amide bonds. The van der Waals surface area contributed by atoms with Crippen LogP contribution >= 0.6 is 0 Å². The van der Waals surface area contributed by atoms with E-state index in [1.54, 1.807) is 0 Å². The zero-order valence-electron chi connectivity index (χ0n) is 16.2. The molecule has 0 N–H and O–H groups in total. The highest BCUT2D eigenvalue weighted by Crippen LogP contribution is 2.36. The second-order valence-electron chi connectivity index (χ2n) is 7.64. The summed E-state index contributed by atoms with van der Waals surface area (Å²) in [6, 6.07) is 16.8. The van der Waals surface area contributed by atoms with Gasteiger partial charge >= 0.3 is 0 Å². The highest BCUT2D eigenvalue weighted by molar-refractivity contribution is 6.08. The normalized spacial score (nSPS) is 11.4. The summed E-state index contributed by atoms with van der Waals surface area (Å²) in [5.74, 6) is 0.455. The van der Waals surface area contributed by atoms with E-state index in [1.807, 2.05) is 18.2 Å². The van der Waals surface area contributed by atoms with Gasteiger partial charge in [0.15, 0.2) is 6.20 Å². The summed E-state index contributed by atoms with van der Waals surface area (Å²) >= 11 is 0. The molecule has 4 rings (SSSR count). The molecule has 0 radical (unpaired) electrons. The van der Waals surface area contributed by atoms with Gasteiger partial charge in [-0.3, -0.25) is 0 Å². The number of fused-ring (bicyclic) bond motifs is 3. The van der Waals surface area contributed by atoms with Gasteiger partial charge in [-0.1, -0.05) is 13.8 Å². The maximum atomic E-state index is 9.54. The van der Waals surface area contributed by atoms with Crippen LogP contribution in [0.3, 0.4) is 0 Å². The Kier molecular flexibility index (Phi) is 4.20. The number of furan rings is 1. The first-order valence-corrected chi connectivity index (χ1v) is 9.33.